The average Bonchev–Trinajstić information content (AvgIpc) is 3.20. The van der Waals surface area contributed by atoms with Gasteiger partial charge in [-0.2, -0.15) is 11.8 Å². The Morgan fingerprint density at radius 3 is 2.83 bits per heavy atom. The van der Waals surface area contributed by atoms with Gasteiger partial charge in [0.05, 0.1) is 0 Å². The van der Waals surface area contributed by atoms with Gasteiger partial charge in [0.1, 0.15) is 0 Å². The molecule has 1 aromatic rings. The molecule has 0 amide bonds. The number of hydrogen-bond acceptors (Lipinski definition) is 3. The molecule has 1 aliphatic carbocycles. The molecule has 18 heavy (non-hydrogen) atoms. The molecule has 0 spiro atoms. The van der Waals surface area contributed by atoms with Crippen LogP contribution in [0.2, 0.25) is 0 Å². The van der Waals surface area contributed by atoms with E-state index in [4.69, 9.17) is 5.73 Å². The molecule has 2 N–H and O–H groups in total. The Bertz CT molecular complexity index is 395. The predicted molar refractivity (Wildman–Crippen MR) is 79.0 cm³/mol. The lowest BCUT2D eigenvalue weighted by molar-refractivity contribution is 0.223. The molecule has 1 heterocycles. The summed E-state index contributed by atoms with van der Waals surface area (Å²) in [6.45, 7) is 1.19. The average molecular weight is 262 g/mol. The van der Waals surface area contributed by atoms with Crippen molar-refractivity contribution < 1.29 is 0 Å². The van der Waals surface area contributed by atoms with E-state index in [1.54, 1.807) is 0 Å². The zero-order valence-corrected chi connectivity index (χ0v) is 11.8. The molecule has 1 aromatic carbocycles. The minimum Gasteiger partial charge on any atom is -0.326 e. The normalized spacial score (nSPS) is 34.2. The van der Waals surface area contributed by atoms with Gasteiger partial charge in [0, 0.05) is 30.1 Å². The second kappa shape index (κ2) is 5.24. The van der Waals surface area contributed by atoms with Crippen molar-refractivity contribution in [3.05, 3.63) is 35.9 Å². The van der Waals surface area contributed by atoms with Gasteiger partial charge in [-0.25, -0.2) is 0 Å². The van der Waals surface area contributed by atoms with Crippen molar-refractivity contribution in [1.29, 1.82) is 0 Å². The Hall–Kier alpha value is -0.510. The van der Waals surface area contributed by atoms with Crippen LogP contribution in [0.25, 0.3) is 0 Å². The van der Waals surface area contributed by atoms with Crippen molar-refractivity contribution >= 4 is 11.8 Å². The van der Waals surface area contributed by atoms with Gasteiger partial charge in [0.25, 0.3) is 0 Å². The molecule has 3 rings (SSSR count). The highest BCUT2D eigenvalue weighted by molar-refractivity contribution is 7.99. The molecule has 0 aromatic heterocycles. The highest BCUT2D eigenvalue weighted by Gasteiger charge is 2.45. The molecule has 0 bridgehead atoms. The van der Waals surface area contributed by atoms with E-state index in [1.807, 2.05) is 0 Å². The number of nitrogens with zero attached hydrogens (tertiary/aromatic N) is 1. The van der Waals surface area contributed by atoms with Crippen molar-refractivity contribution in [1.82, 2.24) is 4.90 Å². The van der Waals surface area contributed by atoms with Gasteiger partial charge >= 0.3 is 0 Å². The van der Waals surface area contributed by atoms with Gasteiger partial charge in [0.2, 0.25) is 0 Å². The van der Waals surface area contributed by atoms with Crippen LogP contribution in [0.15, 0.2) is 30.3 Å². The largest absolute Gasteiger partial charge is 0.326 e. The first-order valence-corrected chi connectivity index (χ1v) is 8.01. The fourth-order valence-electron chi connectivity index (χ4n) is 3.12. The summed E-state index contributed by atoms with van der Waals surface area (Å²) in [5, 5.41) is 0. The predicted octanol–water partition coefficient (Wildman–Crippen LogP) is 2.16. The summed E-state index contributed by atoms with van der Waals surface area (Å²) in [7, 11) is 2.23. The lowest BCUT2D eigenvalue weighted by atomic mass is 10.00. The molecular formula is C15H22N2S. The molecular weight excluding hydrogens is 240 g/mol. The van der Waals surface area contributed by atoms with E-state index >= 15 is 0 Å². The third-order valence-electron chi connectivity index (χ3n) is 4.45. The van der Waals surface area contributed by atoms with Gasteiger partial charge in [-0.3, -0.25) is 0 Å². The second-order valence-electron chi connectivity index (χ2n) is 5.62. The number of benzene rings is 1. The third kappa shape index (κ3) is 2.44. The van der Waals surface area contributed by atoms with Crippen LogP contribution in [0.3, 0.4) is 0 Å². The fraction of sp³-hybridized carbons (Fsp3) is 0.600. The van der Waals surface area contributed by atoms with Crippen LogP contribution in [-0.2, 0) is 0 Å². The Kier molecular flexibility index (Phi) is 3.64. The molecule has 2 nitrogen and oxygen atoms in total. The van der Waals surface area contributed by atoms with Gasteiger partial charge in [0.15, 0.2) is 0 Å². The summed E-state index contributed by atoms with van der Waals surface area (Å²) < 4.78 is 0. The fourth-order valence-corrected chi connectivity index (χ4v) is 4.42. The van der Waals surface area contributed by atoms with Crippen LogP contribution in [-0.4, -0.2) is 42.1 Å². The van der Waals surface area contributed by atoms with Crippen LogP contribution in [0, 0.1) is 5.92 Å². The summed E-state index contributed by atoms with van der Waals surface area (Å²) in [6.07, 6.45) is 1.28. The Balaban J connectivity index is 1.63. The summed E-state index contributed by atoms with van der Waals surface area (Å²) in [6, 6.07) is 11.8. The molecule has 98 valence electrons. The van der Waals surface area contributed by atoms with Crippen molar-refractivity contribution in [3.8, 4) is 0 Å². The standard InChI is InChI=1S/C15H22N2S/c1-17-7-8-18-10-14(17)15(16)13-9-12(13)11-5-3-2-4-6-11/h2-6,12-15H,7-10,16H2,1H3. The van der Waals surface area contributed by atoms with Crippen molar-refractivity contribution in [2.45, 2.75) is 24.4 Å². The first-order valence-electron chi connectivity index (χ1n) is 6.86. The Morgan fingerprint density at radius 2 is 2.11 bits per heavy atom. The maximum atomic E-state index is 6.52. The molecule has 3 heteroatoms. The van der Waals surface area contributed by atoms with Gasteiger partial charge < -0.3 is 10.6 Å². The first-order chi connectivity index (χ1) is 8.77. The van der Waals surface area contributed by atoms with Crippen LogP contribution < -0.4 is 5.73 Å². The zero-order valence-electron chi connectivity index (χ0n) is 11.0. The molecule has 0 radical (unpaired) electrons. The van der Waals surface area contributed by atoms with Crippen LogP contribution >= 0.6 is 11.8 Å². The van der Waals surface area contributed by atoms with Crippen molar-refractivity contribution in [2.24, 2.45) is 11.7 Å². The van der Waals surface area contributed by atoms with E-state index in [2.05, 4.69) is 54.0 Å². The van der Waals surface area contributed by atoms with Crippen molar-refractivity contribution in [2.75, 3.05) is 25.1 Å². The maximum absolute atomic E-state index is 6.52. The maximum Gasteiger partial charge on any atom is 0.0337 e. The highest BCUT2D eigenvalue weighted by atomic mass is 32.2. The lowest BCUT2D eigenvalue weighted by Crippen LogP contribution is -2.51. The van der Waals surface area contributed by atoms with Gasteiger partial charge in [-0.1, -0.05) is 30.3 Å². The van der Waals surface area contributed by atoms with Crippen molar-refractivity contribution in [3.63, 3.8) is 0 Å². The quantitative estimate of drug-likeness (QED) is 0.905. The van der Waals surface area contributed by atoms with E-state index in [9.17, 15) is 0 Å². The van der Waals surface area contributed by atoms with Crippen LogP contribution in [0.4, 0.5) is 0 Å². The molecule has 2 fully saturated rings. The van der Waals surface area contributed by atoms with Crippen LogP contribution in [0.1, 0.15) is 17.9 Å². The second-order valence-corrected chi connectivity index (χ2v) is 6.77. The summed E-state index contributed by atoms with van der Waals surface area (Å²) in [5.74, 6) is 3.86. The summed E-state index contributed by atoms with van der Waals surface area (Å²) in [4.78, 5) is 2.46. The van der Waals surface area contributed by atoms with E-state index in [0.29, 0.717) is 23.9 Å². The Labute approximate surface area is 114 Å². The number of nitrogens with two attached hydrogens (primary N) is 1. The van der Waals surface area contributed by atoms with E-state index in [1.165, 1.54) is 30.0 Å². The van der Waals surface area contributed by atoms with E-state index in [-0.39, 0.29) is 0 Å². The molecule has 1 saturated heterocycles. The molecule has 1 aliphatic heterocycles. The van der Waals surface area contributed by atoms with E-state index in [0.717, 1.165) is 0 Å². The molecule has 1 saturated carbocycles. The van der Waals surface area contributed by atoms with E-state index < -0.39 is 0 Å². The first kappa shape index (κ1) is 12.5. The Morgan fingerprint density at radius 1 is 1.33 bits per heavy atom. The molecule has 2 aliphatic rings. The summed E-state index contributed by atoms with van der Waals surface area (Å²) in [5.41, 5.74) is 7.99. The molecule has 4 atom stereocenters. The van der Waals surface area contributed by atoms with Gasteiger partial charge in [-0.15, -0.1) is 0 Å². The number of hydrogen-bond donors (Lipinski definition) is 1. The minimum absolute atomic E-state index is 0.341. The zero-order chi connectivity index (χ0) is 12.5. The molecule has 4 unspecified atom stereocenters. The lowest BCUT2D eigenvalue weighted by Gasteiger charge is -2.36. The van der Waals surface area contributed by atoms with Gasteiger partial charge in [-0.05, 0) is 30.9 Å². The SMILES string of the molecule is CN1CCSCC1C(N)C1CC1c1ccccc1. The summed E-state index contributed by atoms with van der Waals surface area (Å²) >= 11 is 2.06. The highest BCUT2D eigenvalue weighted by Crippen LogP contribution is 2.50. The number of thioether (sulfide) groups is 1. The number of likely N-dealkylation sites (N-methyl/N-ethyl adjacent to an activating group) is 1. The monoisotopic (exact) mass is 262 g/mol. The number of rotatable bonds is 3. The van der Waals surface area contributed by atoms with Crippen LogP contribution in [0.5, 0.6) is 0 Å². The third-order valence-corrected chi connectivity index (χ3v) is 5.50. The topological polar surface area (TPSA) is 29.3 Å². The minimum atomic E-state index is 0.341. The smallest absolute Gasteiger partial charge is 0.0337 e.